The summed E-state index contributed by atoms with van der Waals surface area (Å²) in [5, 5.41) is 6.33. The van der Waals surface area contributed by atoms with Crippen LogP contribution in [0.1, 0.15) is 40.2 Å². The van der Waals surface area contributed by atoms with Gasteiger partial charge in [0.05, 0.1) is 11.0 Å². The van der Waals surface area contributed by atoms with Gasteiger partial charge in [0.15, 0.2) is 0 Å². The predicted octanol–water partition coefficient (Wildman–Crippen LogP) is 6.08. The van der Waals surface area contributed by atoms with E-state index in [2.05, 4.69) is 53.2 Å². The summed E-state index contributed by atoms with van der Waals surface area (Å²) >= 11 is 3.18. The zero-order valence-corrected chi connectivity index (χ0v) is 21.6. The Morgan fingerprint density at radius 3 is 2.56 bits per heavy atom. The Hall–Kier alpha value is -2.88. The number of rotatable bonds is 9. The van der Waals surface area contributed by atoms with Gasteiger partial charge in [0, 0.05) is 40.0 Å². The van der Waals surface area contributed by atoms with Crippen molar-refractivity contribution in [2.24, 2.45) is 0 Å². The maximum absolute atomic E-state index is 11.8. The standard InChI is InChI=1S/C25H30N4O3S2/c1-16(2)32-24(31)28-19-9-7-18(8-10-19)23-27-14-22(33-23)20-11-6-17(13-26-15-30)12-21(20)34-29-25(3,4)5/h6-12,14-16,29H,13H2,1-5H3,(H,26,30)(H,28,31). The van der Waals surface area contributed by atoms with Crippen molar-refractivity contribution < 1.29 is 14.3 Å². The molecule has 3 aromatic rings. The first-order valence-corrected chi connectivity index (χ1v) is 12.6. The second kappa shape index (κ2) is 11.5. The monoisotopic (exact) mass is 498 g/mol. The molecule has 0 saturated heterocycles. The number of hydrogen-bond donors (Lipinski definition) is 3. The van der Waals surface area contributed by atoms with E-state index in [1.165, 1.54) is 0 Å². The molecule has 0 unspecified atom stereocenters. The van der Waals surface area contributed by atoms with Gasteiger partial charge in [-0.1, -0.05) is 12.1 Å². The number of anilines is 1. The van der Waals surface area contributed by atoms with E-state index in [1.54, 1.807) is 23.3 Å². The minimum atomic E-state index is -0.472. The van der Waals surface area contributed by atoms with Crippen LogP contribution in [0.15, 0.2) is 53.6 Å². The summed E-state index contributed by atoms with van der Waals surface area (Å²) in [7, 11) is 0. The molecule has 7 nitrogen and oxygen atoms in total. The Balaban J connectivity index is 1.81. The third kappa shape index (κ3) is 7.58. The average Bonchev–Trinajstić information content (AvgIpc) is 3.25. The number of aromatic nitrogens is 1. The van der Waals surface area contributed by atoms with E-state index in [1.807, 2.05) is 50.4 Å². The second-order valence-corrected chi connectivity index (χ2v) is 10.8. The van der Waals surface area contributed by atoms with Crippen molar-refractivity contribution in [2.45, 2.75) is 57.7 Å². The summed E-state index contributed by atoms with van der Waals surface area (Å²) in [4.78, 5) is 29.2. The number of hydrogen-bond acceptors (Lipinski definition) is 7. The lowest BCUT2D eigenvalue weighted by Crippen LogP contribution is -2.29. The van der Waals surface area contributed by atoms with Gasteiger partial charge in [-0.15, -0.1) is 11.3 Å². The quantitative estimate of drug-likeness (QED) is 0.245. The molecule has 9 heteroatoms. The molecule has 180 valence electrons. The molecule has 0 bridgehead atoms. The van der Waals surface area contributed by atoms with Crippen LogP contribution in [0, 0.1) is 0 Å². The fraction of sp³-hybridized carbons (Fsp3) is 0.320. The van der Waals surface area contributed by atoms with Crippen molar-refractivity contribution in [2.75, 3.05) is 5.32 Å². The fourth-order valence-electron chi connectivity index (χ4n) is 2.92. The van der Waals surface area contributed by atoms with Crippen molar-refractivity contribution in [3.63, 3.8) is 0 Å². The highest BCUT2D eigenvalue weighted by atomic mass is 32.2. The van der Waals surface area contributed by atoms with Gasteiger partial charge in [0.25, 0.3) is 0 Å². The first-order chi connectivity index (χ1) is 16.1. The molecule has 2 aromatic carbocycles. The number of benzene rings is 2. The summed E-state index contributed by atoms with van der Waals surface area (Å²) in [6, 6.07) is 13.7. The van der Waals surface area contributed by atoms with E-state index in [4.69, 9.17) is 4.74 Å². The zero-order valence-electron chi connectivity index (χ0n) is 20.0. The number of thiazole rings is 1. The molecule has 0 aliphatic heterocycles. The highest BCUT2D eigenvalue weighted by Gasteiger charge is 2.15. The number of amides is 2. The lowest BCUT2D eigenvalue weighted by Gasteiger charge is -2.20. The van der Waals surface area contributed by atoms with Crippen LogP contribution < -0.4 is 15.4 Å². The first kappa shape index (κ1) is 25.7. The largest absolute Gasteiger partial charge is 0.447 e. The Morgan fingerprint density at radius 2 is 1.91 bits per heavy atom. The van der Waals surface area contributed by atoms with E-state index in [9.17, 15) is 9.59 Å². The van der Waals surface area contributed by atoms with Gasteiger partial charge < -0.3 is 10.1 Å². The fourth-order valence-corrected chi connectivity index (χ4v) is 4.86. The maximum Gasteiger partial charge on any atom is 0.411 e. The molecule has 0 aliphatic rings. The molecule has 0 radical (unpaired) electrons. The van der Waals surface area contributed by atoms with Crippen LogP contribution in [0.25, 0.3) is 21.0 Å². The molecule has 0 atom stereocenters. The van der Waals surface area contributed by atoms with Gasteiger partial charge >= 0.3 is 6.09 Å². The molecule has 1 aromatic heterocycles. The molecule has 34 heavy (non-hydrogen) atoms. The molecular weight excluding hydrogens is 468 g/mol. The van der Waals surface area contributed by atoms with Gasteiger partial charge in [-0.2, -0.15) is 0 Å². The molecule has 0 aliphatic carbocycles. The molecule has 2 amide bonds. The van der Waals surface area contributed by atoms with Crippen molar-refractivity contribution in [3.8, 4) is 21.0 Å². The highest BCUT2D eigenvalue weighted by Crippen LogP contribution is 2.38. The lowest BCUT2D eigenvalue weighted by molar-refractivity contribution is -0.109. The zero-order chi connectivity index (χ0) is 24.7. The van der Waals surface area contributed by atoms with Gasteiger partial charge in [0.2, 0.25) is 6.41 Å². The van der Waals surface area contributed by atoms with Crippen LogP contribution in [-0.2, 0) is 16.1 Å². The number of ether oxygens (including phenoxy) is 1. The van der Waals surface area contributed by atoms with Crippen LogP contribution in [0.3, 0.4) is 0 Å². The van der Waals surface area contributed by atoms with E-state index >= 15 is 0 Å². The number of carbonyl (C=O) groups excluding carboxylic acids is 2. The lowest BCUT2D eigenvalue weighted by atomic mass is 10.1. The van der Waals surface area contributed by atoms with Crippen LogP contribution in [-0.4, -0.2) is 29.1 Å². The molecule has 3 N–H and O–H groups in total. The summed E-state index contributed by atoms with van der Waals surface area (Å²) < 4.78 is 8.58. The van der Waals surface area contributed by atoms with E-state index in [-0.39, 0.29) is 11.6 Å². The van der Waals surface area contributed by atoms with Crippen LogP contribution >= 0.6 is 23.3 Å². The van der Waals surface area contributed by atoms with Gasteiger partial charge in [-0.25, -0.2) is 9.78 Å². The third-order valence-electron chi connectivity index (χ3n) is 4.39. The van der Waals surface area contributed by atoms with Crippen LogP contribution in [0.2, 0.25) is 0 Å². The van der Waals surface area contributed by atoms with Crippen molar-refractivity contribution in [1.29, 1.82) is 0 Å². The van der Waals surface area contributed by atoms with E-state index < -0.39 is 6.09 Å². The van der Waals surface area contributed by atoms with Crippen LogP contribution in [0.4, 0.5) is 10.5 Å². The minimum absolute atomic E-state index is 0.0603. The Bertz CT molecular complexity index is 1120. The summed E-state index contributed by atoms with van der Waals surface area (Å²) in [6.45, 7) is 10.4. The SMILES string of the molecule is CC(C)OC(=O)Nc1ccc(-c2ncc(-c3ccc(CNC=O)cc3SNC(C)(C)C)s2)cc1. The summed E-state index contributed by atoms with van der Waals surface area (Å²) in [6.07, 6.45) is 1.94. The second-order valence-electron chi connectivity index (χ2n) is 8.97. The summed E-state index contributed by atoms with van der Waals surface area (Å²) in [5.41, 5.74) is 3.67. The van der Waals surface area contributed by atoms with E-state index in [0.29, 0.717) is 18.6 Å². The minimum Gasteiger partial charge on any atom is -0.447 e. The molecule has 0 saturated carbocycles. The number of nitrogens with one attached hydrogen (secondary N) is 3. The van der Waals surface area contributed by atoms with Crippen molar-refractivity contribution in [1.82, 2.24) is 15.0 Å². The van der Waals surface area contributed by atoms with Crippen LogP contribution in [0.5, 0.6) is 0 Å². The van der Waals surface area contributed by atoms with Crippen molar-refractivity contribution in [3.05, 3.63) is 54.2 Å². The Kier molecular flexibility index (Phi) is 8.71. The molecule has 0 fully saturated rings. The maximum atomic E-state index is 11.8. The number of carbonyl (C=O) groups is 2. The topological polar surface area (TPSA) is 92.3 Å². The molecular formula is C25H30N4O3S2. The first-order valence-electron chi connectivity index (χ1n) is 10.9. The summed E-state index contributed by atoms with van der Waals surface area (Å²) in [5.74, 6) is 0. The van der Waals surface area contributed by atoms with Crippen molar-refractivity contribution >= 4 is 41.5 Å². The molecule has 1 heterocycles. The normalized spacial score (nSPS) is 11.4. The van der Waals surface area contributed by atoms with Gasteiger partial charge in [0.1, 0.15) is 5.01 Å². The van der Waals surface area contributed by atoms with Gasteiger partial charge in [-0.05, 0) is 82.5 Å². The predicted molar refractivity (Wildman–Crippen MR) is 140 cm³/mol. The smallest absolute Gasteiger partial charge is 0.411 e. The molecule has 3 rings (SSSR count). The van der Waals surface area contributed by atoms with Gasteiger partial charge in [-0.3, -0.25) is 14.8 Å². The average molecular weight is 499 g/mol. The Morgan fingerprint density at radius 1 is 1.18 bits per heavy atom. The number of nitrogens with zero attached hydrogens (tertiary/aromatic N) is 1. The Labute approximate surface area is 208 Å². The molecule has 0 spiro atoms. The highest BCUT2D eigenvalue weighted by molar-refractivity contribution is 7.97. The third-order valence-corrected chi connectivity index (χ3v) is 6.75. The van der Waals surface area contributed by atoms with E-state index in [0.717, 1.165) is 31.5 Å².